The minimum Gasteiger partial charge on any atom is -0.484 e. The van der Waals surface area contributed by atoms with E-state index in [1.807, 2.05) is 6.07 Å². The van der Waals surface area contributed by atoms with Crippen molar-refractivity contribution in [2.24, 2.45) is 10.8 Å². The molecule has 0 unspecified atom stereocenters. The highest BCUT2D eigenvalue weighted by molar-refractivity contribution is 6.39. The molecule has 0 atom stereocenters. The number of nitrogens with one attached hydrogen (secondary N) is 2. The third kappa shape index (κ3) is 6.61. The highest BCUT2D eigenvalue weighted by Gasteiger charge is 2.12. The molecule has 0 fully saturated rings. The summed E-state index contributed by atoms with van der Waals surface area (Å²) in [6.45, 7) is -0.255. The third-order valence-corrected chi connectivity index (χ3v) is 3.32. The van der Waals surface area contributed by atoms with Crippen molar-refractivity contribution in [3.63, 3.8) is 0 Å². The van der Waals surface area contributed by atoms with E-state index in [0.717, 1.165) is 5.56 Å². The van der Waals surface area contributed by atoms with Crippen molar-refractivity contribution in [3.8, 4) is 11.8 Å². The molecule has 2 rings (SSSR count). The molecule has 0 bridgehead atoms. The van der Waals surface area contributed by atoms with E-state index in [-0.39, 0.29) is 13.0 Å². The molecule has 0 spiro atoms. The first-order valence-electron chi connectivity index (χ1n) is 8.09. The summed E-state index contributed by atoms with van der Waals surface area (Å²) in [4.78, 5) is 34.4. The summed E-state index contributed by atoms with van der Waals surface area (Å²) in [5.41, 5.74) is 8.92. The predicted octanol–water partition coefficient (Wildman–Crippen LogP) is 0.706. The molecule has 0 radical (unpaired) electrons. The van der Waals surface area contributed by atoms with Crippen molar-refractivity contribution in [2.45, 2.75) is 6.42 Å². The Labute approximate surface area is 160 Å². The van der Waals surface area contributed by atoms with Crippen molar-refractivity contribution in [1.29, 1.82) is 5.26 Å². The van der Waals surface area contributed by atoms with Gasteiger partial charge < -0.3 is 15.8 Å². The lowest BCUT2D eigenvalue weighted by Gasteiger charge is -2.05. The standard InChI is InChI=1S/C19H17N5O4/c20-9-8-13-4-6-15(7-5-13)23-18(26)19(27)24-22-11-14-2-1-3-16(10-14)28-12-17(21)25/h1-7,10-11H,8,12H2,(H2,21,25)(H,23,26)(H,24,27)/b22-11+. The fraction of sp³-hybridized carbons (Fsp3) is 0.105. The Balaban J connectivity index is 1.87. The minimum absolute atomic E-state index is 0.255. The molecule has 2 aromatic carbocycles. The van der Waals surface area contributed by atoms with Gasteiger partial charge in [-0.15, -0.1) is 0 Å². The van der Waals surface area contributed by atoms with E-state index < -0.39 is 17.7 Å². The second-order valence-electron chi connectivity index (χ2n) is 5.51. The molecule has 2 aromatic rings. The maximum atomic E-state index is 11.9. The van der Waals surface area contributed by atoms with Crippen LogP contribution in [0.15, 0.2) is 53.6 Å². The smallest absolute Gasteiger partial charge is 0.329 e. The van der Waals surface area contributed by atoms with E-state index in [4.69, 9.17) is 15.7 Å². The molecule has 9 nitrogen and oxygen atoms in total. The minimum atomic E-state index is -0.946. The quantitative estimate of drug-likeness (QED) is 0.368. The second kappa shape index (κ2) is 10.1. The molecule has 0 heterocycles. The average Bonchev–Trinajstić information content (AvgIpc) is 2.68. The van der Waals surface area contributed by atoms with Crippen molar-refractivity contribution in [2.75, 3.05) is 11.9 Å². The Bertz CT molecular complexity index is 932. The van der Waals surface area contributed by atoms with Gasteiger partial charge in [-0.2, -0.15) is 10.4 Å². The van der Waals surface area contributed by atoms with E-state index in [9.17, 15) is 14.4 Å². The number of hydrogen-bond donors (Lipinski definition) is 3. The number of anilines is 1. The van der Waals surface area contributed by atoms with Crippen LogP contribution in [0.4, 0.5) is 5.69 Å². The lowest BCUT2D eigenvalue weighted by atomic mass is 10.1. The number of nitriles is 1. The Morgan fingerprint density at radius 2 is 1.89 bits per heavy atom. The average molecular weight is 379 g/mol. The fourth-order valence-corrected chi connectivity index (χ4v) is 2.04. The maximum Gasteiger partial charge on any atom is 0.329 e. The maximum absolute atomic E-state index is 11.9. The molecular weight excluding hydrogens is 362 g/mol. The van der Waals surface area contributed by atoms with Gasteiger partial charge in [0.1, 0.15) is 5.75 Å². The molecule has 0 aliphatic rings. The van der Waals surface area contributed by atoms with Gasteiger partial charge in [-0.05, 0) is 35.4 Å². The molecule has 0 saturated carbocycles. The summed E-state index contributed by atoms with van der Waals surface area (Å²) in [5, 5.41) is 14.8. The zero-order valence-corrected chi connectivity index (χ0v) is 14.7. The Morgan fingerprint density at radius 1 is 1.14 bits per heavy atom. The van der Waals surface area contributed by atoms with Gasteiger partial charge in [-0.1, -0.05) is 24.3 Å². The van der Waals surface area contributed by atoms with Crippen LogP contribution in [0.5, 0.6) is 5.75 Å². The van der Waals surface area contributed by atoms with E-state index in [1.165, 1.54) is 6.21 Å². The summed E-state index contributed by atoms with van der Waals surface area (Å²) in [6, 6.07) is 15.2. The number of nitrogens with zero attached hydrogens (tertiary/aromatic N) is 2. The van der Waals surface area contributed by atoms with Gasteiger partial charge in [-0.25, -0.2) is 5.43 Å². The second-order valence-corrected chi connectivity index (χ2v) is 5.51. The molecule has 28 heavy (non-hydrogen) atoms. The molecule has 9 heteroatoms. The van der Waals surface area contributed by atoms with Gasteiger partial charge in [0.05, 0.1) is 18.7 Å². The Kier molecular flexibility index (Phi) is 7.24. The molecule has 0 aliphatic heterocycles. The van der Waals surface area contributed by atoms with Gasteiger partial charge in [0.15, 0.2) is 6.61 Å². The first-order valence-corrected chi connectivity index (χ1v) is 8.09. The number of ether oxygens (including phenoxy) is 1. The van der Waals surface area contributed by atoms with Crippen molar-refractivity contribution >= 4 is 29.6 Å². The lowest BCUT2D eigenvalue weighted by molar-refractivity contribution is -0.136. The molecule has 142 valence electrons. The number of carbonyl (C=O) groups excluding carboxylic acids is 3. The number of nitrogens with two attached hydrogens (primary N) is 1. The summed E-state index contributed by atoms with van der Waals surface area (Å²) in [7, 11) is 0. The largest absolute Gasteiger partial charge is 0.484 e. The molecule has 0 aliphatic carbocycles. The topological polar surface area (TPSA) is 147 Å². The van der Waals surface area contributed by atoms with Crippen LogP contribution in [0.2, 0.25) is 0 Å². The highest BCUT2D eigenvalue weighted by Crippen LogP contribution is 2.12. The number of rotatable bonds is 7. The van der Waals surface area contributed by atoms with Gasteiger partial charge in [0.25, 0.3) is 5.91 Å². The first-order chi connectivity index (χ1) is 13.5. The predicted molar refractivity (Wildman–Crippen MR) is 101 cm³/mol. The van der Waals surface area contributed by atoms with Crippen molar-refractivity contribution < 1.29 is 19.1 Å². The lowest BCUT2D eigenvalue weighted by Crippen LogP contribution is -2.32. The fourth-order valence-electron chi connectivity index (χ4n) is 2.04. The number of hydrogen-bond acceptors (Lipinski definition) is 6. The monoisotopic (exact) mass is 379 g/mol. The van der Waals surface area contributed by atoms with Gasteiger partial charge in [0, 0.05) is 5.69 Å². The molecule has 3 amide bonds. The van der Waals surface area contributed by atoms with Crippen molar-refractivity contribution in [1.82, 2.24) is 5.43 Å². The zero-order chi connectivity index (χ0) is 20.4. The number of benzene rings is 2. The van der Waals surface area contributed by atoms with Crippen LogP contribution in [0.3, 0.4) is 0 Å². The summed E-state index contributed by atoms with van der Waals surface area (Å²) in [6.07, 6.45) is 1.58. The summed E-state index contributed by atoms with van der Waals surface area (Å²) >= 11 is 0. The molecule has 4 N–H and O–H groups in total. The number of carbonyl (C=O) groups is 3. The van der Waals surface area contributed by atoms with Crippen LogP contribution >= 0.6 is 0 Å². The van der Waals surface area contributed by atoms with Gasteiger partial charge >= 0.3 is 11.8 Å². The molecular formula is C19H17N5O4. The van der Waals surface area contributed by atoms with Crippen molar-refractivity contribution in [3.05, 3.63) is 59.7 Å². The summed E-state index contributed by atoms with van der Waals surface area (Å²) < 4.78 is 5.16. The van der Waals surface area contributed by atoms with Crippen LogP contribution in [-0.2, 0) is 20.8 Å². The number of hydrazone groups is 1. The third-order valence-electron chi connectivity index (χ3n) is 3.32. The van der Waals surface area contributed by atoms with E-state index in [2.05, 4.69) is 15.8 Å². The van der Waals surface area contributed by atoms with E-state index in [0.29, 0.717) is 17.0 Å². The normalized spacial score (nSPS) is 10.1. The van der Waals surface area contributed by atoms with Crippen LogP contribution < -0.4 is 21.2 Å². The Morgan fingerprint density at radius 3 is 2.57 bits per heavy atom. The molecule has 0 saturated heterocycles. The highest BCUT2D eigenvalue weighted by atomic mass is 16.5. The number of amides is 3. The summed E-state index contributed by atoms with van der Waals surface area (Å²) in [5.74, 6) is -2.02. The first kappa shape index (κ1) is 20.1. The number of primary amides is 1. The molecule has 0 aromatic heterocycles. The van der Waals surface area contributed by atoms with Crippen LogP contribution in [0, 0.1) is 11.3 Å². The van der Waals surface area contributed by atoms with Crippen LogP contribution in [0.1, 0.15) is 11.1 Å². The Hall–Kier alpha value is -4.19. The van der Waals surface area contributed by atoms with E-state index in [1.54, 1.807) is 48.5 Å². The SMILES string of the molecule is N#CCc1ccc(NC(=O)C(=O)N/N=C/c2cccc(OCC(N)=O)c2)cc1. The zero-order valence-electron chi connectivity index (χ0n) is 14.7. The van der Waals surface area contributed by atoms with Gasteiger partial charge in [0.2, 0.25) is 0 Å². The van der Waals surface area contributed by atoms with Gasteiger partial charge in [-0.3, -0.25) is 14.4 Å². The van der Waals surface area contributed by atoms with Crippen LogP contribution in [0.25, 0.3) is 0 Å². The van der Waals surface area contributed by atoms with E-state index >= 15 is 0 Å². The van der Waals surface area contributed by atoms with Crippen LogP contribution in [-0.4, -0.2) is 30.5 Å².